The SMILES string of the molecule is Cl.NC1(c2noc(-c3c(F)cccc3I)n2)CCCC1. The van der Waals surface area contributed by atoms with Crippen LogP contribution >= 0.6 is 35.0 Å². The van der Waals surface area contributed by atoms with E-state index in [1.165, 1.54) is 6.07 Å². The van der Waals surface area contributed by atoms with E-state index in [0.717, 1.165) is 29.3 Å². The number of rotatable bonds is 2. The molecule has 0 spiro atoms. The third-order valence-corrected chi connectivity index (χ3v) is 4.44. The van der Waals surface area contributed by atoms with Gasteiger partial charge >= 0.3 is 0 Å². The molecule has 1 heterocycles. The van der Waals surface area contributed by atoms with E-state index < -0.39 is 5.54 Å². The molecule has 0 radical (unpaired) electrons. The van der Waals surface area contributed by atoms with E-state index in [-0.39, 0.29) is 24.1 Å². The molecule has 0 bridgehead atoms. The number of aromatic nitrogens is 2. The molecule has 4 nitrogen and oxygen atoms in total. The zero-order valence-electron chi connectivity index (χ0n) is 10.6. The molecule has 1 saturated carbocycles. The van der Waals surface area contributed by atoms with Crippen LogP contribution in [-0.4, -0.2) is 10.1 Å². The van der Waals surface area contributed by atoms with Gasteiger partial charge in [-0.2, -0.15) is 4.98 Å². The fourth-order valence-corrected chi connectivity index (χ4v) is 3.15. The summed E-state index contributed by atoms with van der Waals surface area (Å²) in [5.41, 5.74) is 6.10. The lowest BCUT2D eigenvalue weighted by atomic mass is 9.99. The smallest absolute Gasteiger partial charge is 0.262 e. The van der Waals surface area contributed by atoms with Crippen LogP contribution in [0, 0.1) is 9.39 Å². The van der Waals surface area contributed by atoms with Gasteiger partial charge in [-0.3, -0.25) is 0 Å². The molecule has 1 aliphatic rings. The monoisotopic (exact) mass is 409 g/mol. The minimum absolute atomic E-state index is 0. The summed E-state index contributed by atoms with van der Waals surface area (Å²) in [6.07, 6.45) is 3.83. The Kier molecular flexibility index (Phi) is 4.66. The van der Waals surface area contributed by atoms with Gasteiger partial charge in [-0.1, -0.05) is 24.1 Å². The molecule has 2 aromatic rings. The largest absolute Gasteiger partial charge is 0.334 e. The Hall–Kier alpha value is -0.730. The zero-order chi connectivity index (χ0) is 13.5. The van der Waals surface area contributed by atoms with Gasteiger partial charge < -0.3 is 10.3 Å². The van der Waals surface area contributed by atoms with Crippen LogP contribution in [0.25, 0.3) is 11.5 Å². The summed E-state index contributed by atoms with van der Waals surface area (Å²) in [6.45, 7) is 0. The Labute approximate surface area is 135 Å². The lowest BCUT2D eigenvalue weighted by Gasteiger charge is -2.17. The Morgan fingerprint density at radius 1 is 1.30 bits per heavy atom. The number of hydrogen-bond acceptors (Lipinski definition) is 4. The molecule has 0 unspecified atom stereocenters. The standard InChI is InChI=1S/C13H13FIN3O.ClH/c14-8-4-3-5-9(15)10(8)11-17-12(18-19-11)13(16)6-1-2-7-13;/h3-5H,1-2,6-7,16H2;1H. The van der Waals surface area contributed by atoms with Gasteiger partial charge in [0, 0.05) is 3.57 Å². The molecule has 0 aliphatic heterocycles. The third kappa shape index (κ3) is 2.68. The van der Waals surface area contributed by atoms with E-state index in [4.69, 9.17) is 10.3 Å². The van der Waals surface area contributed by atoms with E-state index in [1.54, 1.807) is 12.1 Å². The van der Waals surface area contributed by atoms with Gasteiger partial charge in [0.25, 0.3) is 5.89 Å². The third-order valence-electron chi connectivity index (χ3n) is 3.54. The Morgan fingerprint density at radius 3 is 2.65 bits per heavy atom. The molecule has 0 atom stereocenters. The number of benzene rings is 1. The first kappa shape index (κ1) is 15.7. The van der Waals surface area contributed by atoms with E-state index in [9.17, 15) is 4.39 Å². The fraction of sp³-hybridized carbons (Fsp3) is 0.385. The van der Waals surface area contributed by atoms with Crippen molar-refractivity contribution in [1.29, 1.82) is 0 Å². The first-order valence-corrected chi connectivity index (χ1v) is 7.25. The van der Waals surface area contributed by atoms with E-state index in [1.807, 2.05) is 0 Å². The van der Waals surface area contributed by atoms with Crippen LogP contribution in [-0.2, 0) is 5.54 Å². The van der Waals surface area contributed by atoms with Crippen LogP contribution < -0.4 is 5.73 Å². The normalized spacial score (nSPS) is 16.9. The number of nitrogens with zero attached hydrogens (tertiary/aromatic N) is 2. The van der Waals surface area contributed by atoms with Crippen molar-refractivity contribution in [2.24, 2.45) is 5.73 Å². The summed E-state index contributed by atoms with van der Waals surface area (Å²) in [7, 11) is 0. The van der Waals surface area contributed by atoms with Crippen molar-refractivity contribution in [2.45, 2.75) is 31.2 Å². The summed E-state index contributed by atoms with van der Waals surface area (Å²) >= 11 is 2.05. The number of nitrogens with two attached hydrogens (primary N) is 1. The van der Waals surface area contributed by atoms with Crippen molar-refractivity contribution in [3.63, 3.8) is 0 Å². The maximum absolute atomic E-state index is 13.9. The molecule has 2 N–H and O–H groups in total. The first-order chi connectivity index (χ1) is 9.10. The summed E-state index contributed by atoms with van der Waals surface area (Å²) in [5.74, 6) is 0.327. The predicted octanol–water partition coefficient (Wildman–Crippen LogP) is 3.63. The highest BCUT2D eigenvalue weighted by Crippen LogP contribution is 2.36. The molecule has 1 aromatic carbocycles. The van der Waals surface area contributed by atoms with Gasteiger partial charge in [0.2, 0.25) is 0 Å². The molecule has 0 amide bonds. The number of halogens is 3. The zero-order valence-corrected chi connectivity index (χ0v) is 13.6. The Morgan fingerprint density at radius 2 is 2.00 bits per heavy atom. The van der Waals surface area contributed by atoms with Gasteiger partial charge in [0.1, 0.15) is 5.82 Å². The van der Waals surface area contributed by atoms with Crippen molar-refractivity contribution in [1.82, 2.24) is 10.1 Å². The van der Waals surface area contributed by atoms with Crippen LogP contribution in [0.3, 0.4) is 0 Å². The maximum atomic E-state index is 13.9. The summed E-state index contributed by atoms with van der Waals surface area (Å²) in [5, 5.41) is 3.95. The molecule has 20 heavy (non-hydrogen) atoms. The minimum atomic E-state index is -0.515. The van der Waals surface area contributed by atoms with Crippen LogP contribution in [0.5, 0.6) is 0 Å². The lowest BCUT2D eigenvalue weighted by molar-refractivity contribution is 0.372. The van der Waals surface area contributed by atoms with Crippen LogP contribution in [0.2, 0.25) is 0 Å². The van der Waals surface area contributed by atoms with E-state index in [2.05, 4.69) is 32.7 Å². The molecule has 1 aromatic heterocycles. The summed E-state index contributed by atoms with van der Waals surface area (Å²) in [4.78, 5) is 4.31. The van der Waals surface area contributed by atoms with Crippen molar-refractivity contribution in [2.75, 3.05) is 0 Å². The average Bonchev–Trinajstić information content (AvgIpc) is 2.99. The number of hydrogen-bond donors (Lipinski definition) is 1. The average molecular weight is 410 g/mol. The molecule has 1 aliphatic carbocycles. The van der Waals surface area contributed by atoms with Crippen molar-refractivity contribution < 1.29 is 8.91 Å². The molecule has 108 valence electrons. The first-order valence-electron chi connectivity index (χ1n) is 6.18. The van der Waals surface area contributed by atoms with Crippen molar-refractivity contribution in [3.8, 4) is 11.5 Å². The molecule has 7 heteroatoms. The molecule has 3 rings (SSSR count). The second-order valence-electron chi connectivity index (χ2n) is 4.88. The predicted molar refractivity (Wildman–Crippen MR) is 84.0 cm³/mol. The highest BCUT2D eigenvalue weighted by molar-refractivity contribution is 14.1. The summed E-state index contributed by atoms with van der Waals surface area (Å²) in [6, 6.07) is 4.84. The van der Waals surface area contributed by atoms with Gasteiger partial charge in [0.15, 0.2) is 5.82 Å². The van der Waals surface area contributed by atoms with Crippen molar-refractivity contribution >= 4 is 35.0 Å². The second kappa shape index (κ2) is 5.95. The van der Waals surface area contributed by atoms with E-state index in [0.29, 0.717) is 11.4 Å². The van der Waals surface area contributed by atoms with Crippen molar-refractivity contribution in [3.05, 3.63) is 33.4 Å². The maximum Gasteiger partial charge on any atom is 0.262 e. The van der Waals surface area contributed by atoms with Crippen LogP contribution in [0.1, 0.15) is 31.5 Å². The highest BCUT2D eigenvalue weighted by atomic mass is 127. The van der Waals surface area contributed by atoms with Crippen LogP contribution in [0.4, 0.5) is 4.39 Å². The summed E-state index contributed by atoms with van der Waals surface area (Å²) < 4.78 is 19.8. The molecule has 0 saturated heterocycles. The van der Waals surface area contributed by atoms with Gasteiger partial charge in [0.05, 0.1) is 11.1 Å². The molecule has 1 fully saturated rings. The van der Waals surface area contributed by atoms with Gasteiger partial charge in [-0.05, 0) is 47.6 Å². The van der Waals surface area contributed by atoms with Gasteiger partial charge in [-0.25, -0.2) is 4.39 Å². The van der Waals surface area contributed by atoms with E-state index >= 15 is 0 Å². The topological polar surface area (TPSA) is 64.9 Å². The second-order valence-corrected chi connectivity index (χ2v) is 6.05. The fourth-order valence-electron chi connectivity index (χ4n) is 2.46. The molecular formula is C13H14ClFIN3O. The lowest BCUT2D eigenvalue weighted by Crippen LogP contribution is -2.34. The highest BCUT2D eigenvalue weighted by Gasteiger charge is 2.36. The van der Waals surface area contributed by atoms with Gasteiger partial charge in [-0.15, -0.1) is 12.4 Å². The molecular weight excluding hydrogens is 396 g/mol. The minimum Gasteiger partial charge on any atom is -0.334 e. The Balaban J connectivity index is 0.00000147. The quantitative estimate of drug-likeness (QED) is 0.769. The van der Waals surface area contributed by atoms with Crippen LogP contribution in [0.15, 0.2) is 22.7 Å². The Bertz CT molecular complexity index is 593.